The molecule has 0 radical (unpaired) electrons. The Labute approximate surface area is 55.4 Å². The largest absolute Gasteiger partial charge is 0.299 e. The fourth-order valence-corrected chi connectivity index (χ4v) is 2.09. The Morgan fingerprint density at radius 3 is 2.00 bits per heavy atom. The lowest BCUT2D eigenvalue weighted by Gasteiger charge is -2.43. The van der Waals surface area contributed by atoms with Crippen molar-refractivity contribution in [3.05, 3.63) is 0 Å². The highest BCUT2D eigenvalue weighted by atomic mass is 16.1. The number of Topliss-reactive ketones (excluding diaryl/α,β-unsaturated/α-hetero) is 1. The Balaban J connectivity index is 2.29. The second kappa shape index (κ2) is 1.09. The third kappa shape index (κ3) is 0.405. The van der Waals surface area contributed by atoms with Gasteiger partial charge < -0.3 is 0 Å². The SMILES string of the molecule is CC1(C)CC(=O)C12CC2. The zero-order valence-electron chi connectivity index (χ0n) is 6.03. The molecule has 0 amide bonds. The Hall–Kier alpha value is -0.330. The van der Waals surface area contributed by atoms with E-state index in [2.05, 4.69) is 13.8 Å². The average molecular weight is 124 g/mol. The number of rotatable bonds is 0. The van der Waals surface area contributed by atoms with E-state index in [4.69, 9.17) is 0 Å². The van der Waals surface area contributed by atoms with Crippen molar-refractivity contribution >= 4 is 5.78 Å². The molecule has 2 saturated carbocycles. The summed E-state index contributed by atoms with van der Waals surface area (Å²) in [6.45, 7) is 4.42. The van der Waals surface area contributed by atoms with E-state index in [1.165, 1.54) is 12.8 Å². The molecular formula is C8H12O. The van der Waals surface area contributed by atoms with Gasteiger partial charge in [0.25, 0.3) is 0 Å². The zero-order valence-corrected chi connectivity index (χ0v) is 6.03. The van der Waals surface area contributed by atoms with Crippen LogP contribution in [0.3, 0.4) is 0 Å². The predicted molar refractivity (Wildman–Crippen MR) is 35.1 cm³/mol. The lowest BCUT2D eigenvalue weighted by atomic mass is 9.58. The highest BCUT2D eigenvalue weighted by Gasteiger charge is 2.67. The second-order valence-corrected chi connectivity index (χ2v) is 4.07. The highest BCUT2D eigenvalue weighted by Crippen LogP contribution is 2.68. The maximum atomic E-state index is 11.0. The lowest BCUT2D eigenvalue weighted by Crippen LogP contribution is -2.46. The van der Waals surface area contributed by atoms with Gasteiger partial charge in [-0.1, -0.05) is 13.8 Å². The van der Waals surface area contributed by atoms with Gasteiger partial charge in [0, 0.05) is 11.8 Å². The normalized spacial score (nSPS) is 34.2. The summed E-state index contributed by atoms with van der Waals surface area (Å²) in [5, 5.41) is 0. The first-order valence-electron chi connectivity index (χ1n) is 3.62. The van der Waals surface area contributed by atoms with E-state index < -0.39 is 0 Å². The monoisotopic (exact) mass is 124 g/mol. The maximum absolute atomic E-state index is 11.0. The van der Waals surface area contributed by atoms with Crippen LogP contribution in [0.15, 0.2) is 0 Å². The standard InChI is InChI=1S/C8H12O/c1-7(2)5-6(9)8(7)3-4-8/h3-5H2,1-2H3. The Kier molecular flexibility index (Phi) is 0.662. The molecule has 1 heteroatoms. The number of ketones is 1. The molecule has 0 bridgehead atoms. The van der Waals surface area contributed by atoms with Crippen LogP contribution in [0.4, 0.5) is 0 Å². The second-order valence-electron chi connectivity index (χ2n) is 4.07. The van der Waals surface area contributed by atoms with Gasteiger partial charge in [0.2, 0.25) is 0 Å². The number of hydrogen-bond acceptors (Lipinski definition) is 1. The first-order chi connectivity index (χ1) is 4.08. The van der Waals surface area contributed by atoms with E-state index >= 15 is 0 Å². The molecule has 50 valence electrons. The molecule has 0 aromatic rings. The minimum Gasteiger partial charge on any atom is -0.299 e. The fourth-order valence-electron chi connectivity index (χ4n) is 2.09. The smallest absolute Gasteiger partial charge is 0.140 e. The summed E-state index contributed by atoms with van der Waals surface area (Å²) in [4.78, 5) is 11.0. The summed E-state index contributed by atoms with van der Waals surface area (Å²) in [5.74, 6) is 0.521. The van der Waals surface area contributed by atoms with Crippen LogP contribution in [-0.4, -0.2) is 5.78 Å². The van der Waals surface area contributed by atoms with Gasteiger partial charge in [-0.25, -0.2) is 0 Å². The zero-order chi connectivity index (χ0) is 6.70. The van der Waals surface area contributed by atoms with Gasteiger partial charge >= 0.3 is 0 Å². The van der Waals surface area contributed by atoms with E-state index in [1.807, 2.05) is 0 Å². The van der Waals surface area contributed by atoms with E-state index in [1.54, 1.807) is 0 Å². The molecule has 2 fully saturated rings. The summed E-state index contributed by atoms with van der Waals surface area (Å²) in [5.41, 5.74) is 0.539. The number of carbonyl (C=O) groups excluding carboxylic acids is 1. The summed E-state index contributed by atoms with van der Waals surface area (Å²) in [6.07, 6.45) is 3.16. The summed E-state index contributed by atoms with van der Waals surface area (Å²) in [7, 11) is 0. The average Bonchev–Trinajstić information content (AvgIpc) is 2.40. The van der Waals surface area contributed by atoms with Crippen molar-refractivity contribution in [3.8, 4) is 0 Å². The first-order valence-corrected chi connectivity index (χ1v) is 3.62. The molecule has 0 N–H and O–H groups in total. The van der Waals surface area contributed by atoms with Gasteiger partial charge in [0.1, 0.15) is 5.78 Å². The van der Waals surface area contributed by atoms with Crippen LogP contribution in [-0.2, 0) is 4.79 Å². The molecule has 0 aromatic heterocycles. The van der Waals surface area contributed by atoms with Gasteiger partial charge in [-0.05, 0) is 18.3 Å². The minimum atomic E-state index is 0.188. The van der Waals surface area contributed by atoms with Crippen molar-refractivity contribution in [1.82, 2.24) is 0 Å². The van der Waals surface area contributed by atoms with Crippen molar-refractivity contribution in [3.63, 3.8) is 0 Å². The predicted octanol–water partition coefficient (Wildman–Crippen LogP) is 1.77. The van der Waals surface area contributed by atoms with Gasteiger partial charge in [0.05, 0.1) is 0 Å². The van der Waals surface area contributed by atoms with E-state index in [-0.39, 0.29) is 5.41 Å². The third-order valence-corrected chi connectivity index (χ3v) is 3.18. The molecule has 2 aliphatic carbocycles. The van der Waals surface area contributed by atoms with Crippen molar-refractivity contribution in [2.75, 3.05) is 0 Å². The number of carbonyl (C=O) groups is 1. The molecule has 0 aliphatic heterocycles. The topological polar surface area (TPSA) is 17.1 Å². The van der Waals surface area contributed by atoms with Crippen molar-refractivity contribution in [2.45, 2.75) is 33.1 Å². The first kappa shape index (κ1) is 5.45. The van der Waals surface area contributed by atoms with Crippen LogP contribution >= 0.6 is 0 Å². The third-order valence-electron chi connectivity index (χ3n) is 3.18. The van der Waals surface area contributed by atoms with Crippen molar-refractivity contribution in [2.24, 2.45) is 10.8 Å². The molecular weight excluding hydrogens is 112 g/mol. The number of hydrogen-bond donors (Lipinski definition) is 0. The van der Waals surface area contributed by atoms with E-state index in [0.717, 1.165) is 6.42 Å². The Morgan fingerprint density at radius 1 is 1.33 bits per heavy atom. The molecule has 0 atom stereocenters. The summed E-state index contributed by atoms with van der Waals surface area (Å²) >= 11 is 0. The van der Waals surface area contributed by atoms with Gasteiger partial charge in [-0.2, -0.15) is 0 Å². The minimum absolute atomic E-state index is 0.188. The van der Waals surface area contributed by atoms with Gasteiger partial charge in [0.15, 0.2) is 0 Å². The molecule has 1 nitrogen and oxygen atoms in total. The molecule has 0 unspecified atom stereocenters. The van der Waals surface area contributed by atoms with Gasteiger partial charge in [-0.15, -0.1) is 0 Å². The lowest BCUT2D eigenvalue weighted by molar-refractivity contribution is -0.143. The van der Waals surface area contributed by atoms with Crippen LogP contribution in [0.2, 0.25) is 0 Å². The Morgan fingerprint density at radius 2 is 1.89 bits per heavy atom. The summed E-state index contributed by atoms with van der Waals surface area (Å²) in [6, 6.07) is 0. The van der Waals surface area contributed by atoms with Gasteiger partial charge in [-0.3, -0.25) is 4.79 Å². The maximum Gasteiger partial charge on any atom is 0.140 e. The molecule has 0 saturated heterocycles. The summed E-state index contributed by atoms with van der Waals surface area (Å²) < 4.78 is 0. The van der Waals surface area contributed by atoms with Crippen LogP contribution in [0.25, 0.3) is 0 Å². The van der Waals surface area contributed by atoms with E-state index in [9.17, 15) is 4.79 Å². The quantitative estimate of drug-likeness (QED) is 0.481. The van der Waals surface area contributed by atoms with Crippen molar-refractivity contribution in [1.29, 1.82) is 0 Å². The molecule has 1 spiro atoms. The van der Waals surface area contributed by atoms with E-state index in [0.29, 0.717) is 11.2 Å². The molecule has 2 rings (SSSR count). The molecule has 0 aromatic carbocycles. The molecule has 2 aliphatic rings. The highest BCUT2D eigenvalue weighted by molar-refractivity contribution is 5.95. The van der Waals surface area contributed by atoms with Crippen LogP contribution < -0.4 is 0 Å². The van der Waals surface area contributed by atoms with Crippen LogP contribution in [0.1, 0.15) is 33.1 Å². The Bertz CT molecular complexity index is 175. The molecule has 0 heterocycles. The van der Waals surface area contributed by atoms with Crippen molar-refractivity contribution < 1.29 is 4.79 Å². The van der Waals surface area contributed by atoms with Crippen LogP contribution in [0, 0.1) is 10.8 Å². The fraction of sp³-hybridized carbons (Fsp3) is 0.875. The molecule has 9 heavy (non-hydrogen) atoms. The van der Waals surface area contributed by atoms with Crippen LogP contribution in [0.5, 0.6) is 0 Å².